The molecule has 1 heterocycles. The molecule has 1 aliphatic rings. The van der Waals surface area contributed by atoms with Crippen LogP contribution in [0.3, 0.4) is 0 Å². The predicted molar refractivity (Wildman–Crippen MR) is 119 cm³/mol. The van der Waals surface area contributed by atoms with Gasteiger partial charge in [0.2, 0.25) is 0 Å². The highest BCUT2D eigenvalue weighted by atomic mass is 16.7. The summed E-state index contributed by atoms with van der Waals surface area (Å²) in [6.07, 6.45) is 23.0. The molecule has 0 atom stereocenters. The van der Waals surface area contributed by atoms with Crippen LogP contribution in [0.4, 0.5) is 0 Å². The molecule has 164 valence electrons. The molecule has 0 aromatic carbocycles. The van der Waals surface area contributed by atoms with Gasteiger partial charge in [-0.1, -0.05) is 70.4 Å². The molecule has 0 saturated carbocycles. The van der Waals surface area contributed by atoms with E-state index < -0.39 is 5.97 Å². The van der Waals surface area contributed by atoms with Gasteiger partial charge in [-0.3, -0.25) is 14.6 Å². The van der Waals surface area contributed by atoms with Crippen molar-refractivity contribution in [3.05, 3.63) is 12.2 Å². The van der Waals surface area contributed by atoms with Crippen LogP contribution >= 0.6 is 0 Å². The summed E-state index contributed by atoms with van der Waals surface area (Å²) in [5.74, 6) is -0.664. The molecule has 5 heteroatoms. The van der Waals surface area contributed by atoms with Gasteiger partial charge in [0.15, 0.2) is 0 Å². The van der Waals surface area contributed by atoms with E-state index in [4.69, 9.17) is 9.94 Å². The van der Waals surface area contributed by atoms with Gasteiger partial charge in [-0.2, -0.15) is 0 Å². The van der Waals surface area contributed by atoms with Crippen LogP contribution in [-0.4, -0.2) is 42.2 Å². The van der Waals surface area contributed by atoms with Gasteiger partial charge in [0, 0.05) is 6.42 Å². The molecule has 0 aliphatic carbocycles. The van der Waals surface area contributed by atoms with Crippen molar-refractivity contribution >= 4 is 12.3 Å². The number of unbranched alkanes of at least 4 members (excludes halogenated alkanes) is 11. The molecular weight excluding hydrogens is 352 g/mol. The van der Waals surface area contributed by atoms with Crippen molar-refractivity contribution in [3.8, 4) is 0 Å². The van der Waals surface area contributed by atoms with E-state index in [2.05, 4.69) is 24.1 Å². The van der Waals surface area contributed by atoms with Crippen LogP contribution in [0.1, 0.15) is 104 Å². The lowest BCUT2D eigenvalue weighted by atomic mass is 10.1. The van der Waals surface area contributed by atoms with Crippen molar-refractivity contribution in [2.75, 3.05) is 19.7 Å². The summed E-state index contributed by atoms with van der Waals surface area (Å²) in [7, 11) is 0. The van der Waals surface area contributed by atoms with Gasteiger partial charge in [-0.25, -0.2) is 5.06 Å². The minimum Gasteiger partial charge on any atom is -0.481 e. The number of hydrogen-bond donors (Lipinski definition) is 1. The molecule has 0 unspecified atom stereocenters. The summed E-state index contributed by atoms with van der Waals surface area (Å²) in [4.78, 5) is 19.4. The van der Waals surface area contributed by atoms with Crippen molar-refractivity contribution in [1.29, 1.82) is 0 Å². The van der Waals surface area contributed by atoms with Crippen LogP contribution in [0.2, 0.25) is 0 Å². The fourth-order valence-electron chi connectivity index (χ4n) is 2.97. The van der Waals surface area contributed by atoms with Crippen LogP contribution in [0.15, 0.2) is 17.1 Å². The van der Waals surface area contributed by atoms with Crippen molar-refractivity contribution in [3.63, 3.8) is 0 Å². The zero-order valence-electron chi connectivity index (χ0n) is 18.4. The molecule has 5 nitrogen and oxygen atoms in total. The Labute approximate surface area is 173 Å². The maximum atomic E-state index is 10.3. The third-order valence-corrected chi connectivity index (χ3v) is 4.61. The Hall–Kier alpha value is -1.36. The van der Waals surface area contributed by atoms with Gasteiger partial charge in [-0.05, 0) is 39.0 Å². The number of carboxylic acids is 1. The summed E-state index contributed by atoms with van der Waals surface area (Å²) < 4.78 is 0. The average Bonchev–Trinajstić information content (AvgIpc) is 3.19. The fraction of sp³-hybridized carbons (Fsp3) is 0.826. The quantitative estimate of drug-likeness (QED) is 0.228. The van der Waals surface area contributed by atoms with Gasteiger partial charge in [0.25, 0.3) is 0 Å². The van der Waals surface area contributed by atoms with E-state index in [-0.39, 0.29) is 0 Å². The van der Waals surface area contributed by atoms with E-state index in [1.807, 2.05) is 6.92 Å². The van der Waals surface area contributed by atoms with E-state index in [9.17, 15) is 4.79 Å². The molecule has 0 aromatic rings. The molecule has 0 bridgehead atoms. The van der Waals surface area contributed by atoms with Gasteiger partial charge in [-0.15, -0.1) is 0 Å². The molecule has 0 aromatic heterocycles. The summed E-state index contributed by atoms with van der Waals surface area (Å²) in [6.45, 7) is 6.74. The monoisotopic (exact) mass is 396 g/mol. The highest BCUT2D eigenvalue weighted by molar-refractivity contribution is 5.66. The Kier molecular flexibility index (Phi) is 20.9. The lowest BCUT2D eigenvalue weighted by molar-refractivity contribution is -0.137. The maximum Gasteiger partial charge on any atom is 0.303 e. The number of carboxylic acid groups (broad SMARTS) is 1. The Morgan fingerprint density at radius 1 is 0.964 bits per heavy atom. The first-order chi connectivity index (χ1) is 13.7. The van der Waals surface area contributed by atoms with E-state index in [1.54, 1.807) is 11.4 Å². The Morgan fingerprint density at radius 2 is 1.54 bits per heavy atom. The SMILES string of the molecule is CCCCCCCC/C=C\CCCCCCCC(=O)O.CCON1C=NCC1. The van der Waals surface area contributed by atoms with Crippen molar-refractivity contribution in [1.82, 2.24) is 5.06 Å². The number of hydroxylamine groups is 2. The largest absolute Gasteiger partial charge is 0.481 e. The molecule has 1 rings (SSSR count). The molecule has 1 N–H and O–H groups in total. The maximum absolute atomic E-state index is 10.3. The van der Waals surface area contributed by atoms with Gasteiger partial charge in [0.05, 0.1) is 19.7 Å². The van der Waals surface area contributed by atoms with Gasteiger partial charge in [0.1, 0.15) is 6.34 Å². The zero-order valence-corrected chi connectivity index (χ0v) is 18.4. The van der Waals surface area contributed by atoms with E-state index in [0.29, 0.717) is 6.42 Å². The van der Waals surface area contributed by atoms with Gasteiger partial charge >= 0.3 is 5.97 Å². The molecule has 0 fully saturated rings. The summed E-state index contributed by atoms with van der Waals surface area (Å²) in [6, 6.07) is 0. The fourth-order valence-corrected chi connectivity index (χ4v) is 2.97. The molecule has 1 aliphatic heterocycles. The lowest BCUT2D eigenvalue weighted by Gasteiger charge is -2.10. The highest BCUT2D eigenvalue weighted by Gasteiger charge is 2.02. The van der Waals surface area contributed by atoms with Crippen molar-refractivity contribution < 1.29 is 14.7 Å². The molecule has 0 radical (unpaired) electrons. The Balaban J connectivity index is 0.000000749. The normalized spacial score (nSPS) is 13.1. The number of aliphatic carboxylic acids is 1. The molecule has 0 amide bonds. The molecular formula is C23H44N2O3. The number of allylic oxidation sites excluding steroid dienone is 2. The smallest absolute Gasteiger partial charge is 0.303 e. The Bertz CT molecular complexity index is 397. The third-order valence-electron chi connectivity index (χ3n) is 4.61. The lowest BCUT2D eigenvalue weighted by Crippen LogP contribution is -2.19. The average molecular weight is 397 g/mol. The van der Waals surface area contributed by atoms with E-state index in [0.717, 1.165) is 32.5 Å². The minimum atomic E-state index is -0.664. The standard InChI is InChI=1S/C18H34O2.C5H10N2O/c1-2-3-4-5-6-7-8-9-10-11-12-13-14-15-16-17-18(19)20;1-2-8-7-4-3-6-5-7/h9-10H,2-8,11-17H2,1H3,(H,19,20);5H,2-4H2,1H3/b10-9-;. The zero-order chi connectivity index (χ0) is 20.7. The van der Waals surface area contributed by atoms with E-state index in [1.165, 1.54) is 70.6 Å². The number of rotatable bonds is 17. The summed E-state index contributed by atoms with van der Waals surface area (Å²) >= 11 is 0. The highest BCUT2D eigenvalue weighted by Crippen LogP contribution is 2.09. The van der Waals surface area contributed by atoms with Crippen molar-refractivity contribution in [2.45, 2.75) is 104 Å². The second-order valence-corrected chi connectivity index (χ2v) is 7.31. The van der Waals surface area contributed by atoms with Gasteiger partial charge < -0.3 is 5.11 Å². The van der Waals surface area contributed by atoms with Crippen LogP contribution in [0.5, 0.6) is 0 Å². The van der Waals surface area contributed by atoms with Crippen molar-refractivity contribution in [2.24, 2.45) is 4.99 Å². The predicted octanol–water partition coefficient (Wildman–Crippen LogP) is 6.39. The van der Waals surface area contributed by atoms with Crippen LogP contribution in [0.25, 0.3) is 0 Å². The van der Waals surface area contributed by atoms with Crippen LogP contribution < -0.4 is 0 Å². The minimum absolute atomic E-state index is 0.332. The first-order valence-electron chi connectivity index (χ1n) is 11.5. The molecule has 28 heavy (non-hydrogen) atoms. The third kappa shape index (κ3) is 20.9. The number of aliphatic imine (C=N–C) groups is 1. The first kappa shape index (κ1) is 26.6. The first-order valence-corrected chi connectivity index (χ1v) is 11.5. The second-order valence-electron chi connectivity index (χ2n) is 7.31. The topological polar surface area (TPSA) is 62.1 Å². The summed E-state index contributed by atoms with van der Waals surface area (Å²) in [5, 5.41) is 10.3. The molecule has 0 saturated heterocycles. The number of hydrogen-bond acceptors (Lipinski definition) is 4. The van der Waals surface area contributed by atoms with Crippen LogP contribution in [0, 0.1) is 0 Å². The second kappa shape index (κ2) is 21.9. The van der Waals surface area contributed by atoms with E-state index >= 15 is 0 Å². The van der Waals surface area contributed by atoms with Crippen LogP contribution in [-0.2, 0) is 9.63 Å². The molecule has 0 spiro atoms. The Morgan fingerprint density at radius 3 is 2.04 bits per heavy atom. The summed E-state index contributed by atoms with van der Waals surface area (Å²) in [5.41, 5.74) is 0. The number of carbonyl (C=O) groups is 1. The number of nitrogens with zero attached hydrogens (tertiary/aromatic N) is 2.